The molecule has 3 rings (SSSR count). The van der Waals surface area contributed by atoms with Crippen LogP contribution < -0.4 is 4.90 Å². The van der Waals surface area contributed by atoms with Crippen molar-refractivity contribution in [2.45, 2.75) is 19.8 Å². The normalized spacial score (nSPS) is 12.0. The monoisotopic (exact) mass is 388 g/mol. The van der Waals surface area contributed by atoms with Gasteiger partial charge in [0.1, 0.15) is 5.69 Å². The van der Waals surface area contributed by atoms with Gasteiger partial charge in [-0.2, -0.15) is 5.10 Å². The Morgan fingerprint density at radius 1 is 1.23 bits per heavy atom. The zero-order valence-corrected chi connectivity index (χ0v) is 15.9. The minimum Gasteiger partial charge on any atom is -0.308 e. The van der Waals surface area contributed by atoms with Gasteiger partial charge in [0, 0.05) is 17.8 Å². The third kappa shape index (κ3) is 3.74. The maximum absolute atomic E-state index is 13.0. The van der Waals surface area contributed by atoms with E-state index in [2.05, 4.69) is 10.1 Å². The van der Waals surface area contributed by atoms with Crippen molar-refractivity contribution in [3.63, 3.8) is 0 Å². The third-order valence-corrected chi connectivity index (χ3v) is 4.70. The van der Waals surface area contributed by atoms with Gasteiger partial charge in [-0.05, 0) is 43.7 Å². The van der Waals surface area contributed by atoms with Gasteiger partial charge in [-0.1, -0.05) is 35.3 Å². The lowest BCUT2D eigenvalue weighted by molar-refractivity contribution is -0.119. The zero-order chi connectivity index (χ0) is 18.7. The highest BCUT2D eigenvalue weighted by Crippen LogP contribution is 2.29. The van der Waals surface area contributed by atoms with Gasteiger partial charge >= 0.3 is 0 Å². The summed E-state index contributed by atoms with van der Waals surface area (Å²) in [5.41, 5.74) is 2.24. The van der Waals surface area contributed by atoms with Gasteiger partial charge in [0.2, 0.25) is 5.91 Å². The van der Waals surface area contributed by atoms with Crippen molar-refractivity contribution < 1.29 is 4.79 Å². The fourth-order valence-electron chi connectivity index (χ4n) is 2.72. The van der Waals surface area contributed by atoms with Crippen LogP contribution in [0.1, 0.15) is 25.3 Å². The molecule has 0 saturated heterocycles. The van der Waals surface area contributed by atoms with Crippen molar-refractivity contribution in [1.82, 2.24) is 14.8 Å². The highest BCUT2D eigenvalue weighted by molar-refractivity contribution is 6.32. The fourth-order valence-corrected chi connectivity index (χ4v) is 3.08. The van der Waals surface area contributed by atoms with Crippen LogP contribution in [0.3, 0.4) is 0 Å². The first-order valence-electron chi connectivity index (χ1n) is 8.23. The van der Waals surface area contributed by atoms with Gasteiger partial charge in [-0.25, -0.2) is 4.68 Å². The number of carbonyl (C=O) groups is 1. The van der Waals surface area contributed by atoms with E-state index in [-0.39, 0.29) is 17.0 Å². The molecule has 1 amide bonds. The molecule has 2 heterocycles. The van der Waals surface area contributed by atoms with Crippen molar-refractivity contribution in [3.05, 3.63) is 70.7 Å². The summed E-state index contributed by atoms with van der Waals surface area (Å²) in [6.45, 7) is 4.26. The summed E-state index contributed by atoms with van der Waals surface area (Å²) < 4.78 is 1.62. The molecule has 0 bridgehead atoms. The van der Waals surface area contributed by atoms with Crippen LogP contribution in [0.4, 0.5) is 5.69 Å². The summed E-state index contributed by atoms with van der Waals surface area (Å²) in [6, 6.07) is 11.0. The number of benzene rings is 1. The first kappa shape index (κ1) is 18.4. The summed E-state index contributed by atoms with van der Waals surface area (Å²) in [6.07, 6.45) is 5.11. The molecular weight excluding hydrogens is 371 g/mol. The van der Waals surface area contributed by atoms with Crippen LogP contribution in [-0.2, 0) is 4.79 Å². The van der Waals surface area contributed by atoms with E-state index in [1.807, 2.05) is 38.1 Å². The maximum Gasteiger partial charge on any atom is 0.234 e. The molecular formula is C19H18Cl2N4O. The fraction of sp³-hybridized carbons (Fsp3) is 0.211. The summed E-state index contributed by atoms with van der Waals surface area (Å²) in [7, 11) is 0. The zero-order valence-electron chi connectivity index (χ0n) is 14.4. The smallest absolute Gasteiger partial charge is 0.234 e. The van der Waals surface area contributed by atoms with Crippen LogP contribution in [0.5, 0.6) is 0 Å². The van der Waals surface area contributed by atoms with Crippen LogP contribution in [0.15, 0.2) is 55.0 Å². The average Bonchev–Trinajstić information content (AvgIpc) is 3.04. The maximum atomic E-state index is 13.0. The van der Waals surface area contributed by atoms with Crippen molar-refractivity contribution >= 4 is 34.8 Å². The standard InChI is InChI=1S/C19H18Cl2N4O/c1-3-24(19(26)13(2)14-6-8-15(20)9-7-14)17-12-25(23-18(17)21)16-5-4-10-22-11-16/h4-13H,3H2,1-2H3. The second kappa shape index (κ2) is 7.89. The topological polar surface area (TPSA) is 51.0 Å². The number of carbonyl (C=O) groups excluding carboxylic acids is 1. The van der Waals surface area contributed by atoms with Gasteiger partial charge < -0.3 is 4.90 Å². The molecule has 2 aromatic heterocycles. The molecule has 7 heteroatoms. The van der Waals surface area contributed by atoms with E-state index in [0.29, 0.717) is 17.3 Å². The number of rotatable bonds is 5. The molecule has 0 aliphatic rings. The lowest BCUT2D eigenvalue weighted by atomic mass is 9.99. The molecule has 0 N–H and O–H groups in total. The van der Waals surface area contributed by atoms with E-state index in [9.17, 15) is 4.79 Å². The highest BCUT2D eigenvalue weighted by atomic mass is 35.5. The van der Waals surface area contributed by atoms with Crippen LogP contribution in [0.2, 0.25) is 10.2 Å². The molecule has 0 fully saturated rings. The third-order valence-electron chi connectivity index (χ3n) is 4.18. The molecule has 1 atom stereocenters. The molecule has 0 radical (unpaired) electrons. The van der Waals surface area contributed by atoms with Gasteiger partial charge in [-0.15, -0.1) is 0 Å². The van der Waals surface area contributed by atoms with E-state index in [4.69, 9.17) is 23.2 Å². The Labute approximate surface area is 162 Å². The van der Waals surface area contributed by atoms with Crippen LogP contribution in [0.25, 0.3) is 5.69 Å². The number of nitrogens with zero attached hydrogens (tertiary/aromatic N) is 4. The molecule has 0 aliphatic carbocycles. The summed E-state index contributed by atoms with van der Waals surface area (Å²) in [5.74, 6) is -0.382. The van der Waals surface area contributed by atoms with Crippen LogP contribution in [-0.4, -0.2) is 27.2 Å². The first-order chi connectivity index (χ1) is 12.5. The first-order valence-corrected chi connectivity index (χ1v) is 8.99. The van der Waals surface area contributed by atoms with Gasteiger partial charge in [0.15, 0.2) is 5.15 Å². The molecule has 0 saturated carbocycles. The Morgan fingerprint density at radius 3 is 2.58 bits per heavy atom. The number of likely N-dealkylation sites (N-methyl/N-ethyl adjacent to an activating group) is 1. The Kier molecular flexibility index (Phi) is 5.59. The number of hydrogen-bond acceptors (Lipinski definition) is 3. The Morgan fingerprint density at radius 2 is 1.96 bits per heavy atom. The van der Waals surface area contributed by atoms with Gasteiger partial charge in [0.25, 0.3) is 0 Å². The van der Waals surface area contributed by atoms with Crippen molar-refractivity contribution in [1.29, 1.82) is 0 Å². The molecule has 3 aromatic rings. The molecule has 0 aliphatic heterocycles. The predicted octanol–water partition coefficient (Wildman–Crippen LogP) is 4.73. The quantitative estimate of drug-likeness (QED) is 0.634. The van der Waals surface area contributed by atoms with Crippen molar-refractivity contribution in [3.8, 4) is 5.69 Å². The molecule has 1 unspecified atom stereocenters. The Balaban J connectivity index is 1.90. The van der Waals surface area contributed by atoms with Crippen LogP contribution >= 0.6 is 23.2 Å². The number of amides is 1. The minimum atomic E-state index is -0.329. The molecule has 26 heavy (non-hydrogen) atoms. The summed E-state index contributed by atoms with van der Waals surface area (Å²) >= 11 is 12.3. The van der Waals surface area contributed by atoms with Crippen LogP contribution in [0, 0.1) is 0 Å². The van der Waals surface area contributed by atoms with E-state index < -0.39 is 0 Å². The lowest BCUT2D eigenvalue weighted by Crippen LogP contribution is -2.34. The van der Waals surface area contributed by atoms with E-state index in [1.165, 1.54) is 0 Å². The SMILES string of the molecule is CCN(C(=O)C(C)c1ccc(Cl)cc1)c1cn(-c2cccnc2)nc1Cl. The predicted molar refractivity (Wildman–Crippen MR) is 104 cm³/mol. The van der Waals surface area contributed by atoms with Crippen molar-refractivity contribution in [2.75, 3.05) is 11.4 Å². The molecule has 0 spiro atoms. The molecule has 5 nitrogen and oxygen atoms in total. The van der Waals surface area contributed by atoms with E-state index >= 15 is 0 Å². The average molecular weight is 389 g/mol. The highest BCUT2D eigenvalue weighted by Gasteiger charge is 2.25. The van der Waals surface area contributed by atoms with Crippen molar-refractivity contribution in [2.24, 2.45) is 0 Å². The molecule has 1 aromatic carbocycles. The van der Waals surface area contributed by atoms with Gasteiger partial charge in [0.05, 0.1) is 24.0 Å². The number of aromatic nitrogens is 3. The number of anilines is 1. The summed E-state index contributed by atoms with van der Waals surface area (Å²) in [4.78, 5) is 18.8. The minimum absolute atomic E-state index is 0.0533. The largest absolute Gasteiger partial charge is 0.308 e. The summed E-state index contributed by atoms with van der Waals surface area (Å²) in [5, 5.41) is 5.22. The molecule has 134 valence electrons. The van der Waals surface area contributed by atoms with E-state index in [0.717, 1.165) is 11.3 Å². The number of pyridine rings is 1. The number of hydrogen-bond donors (Lipinski definition) is 0. The van der Waals surface area contributed by atoms with Gasteiger partial charge in [-0.3, -0.25) is 9.78 Å². The Bertz CT molecular complexity index is 894. The number of halogens is 2. The second-order valence-corrected chi connectivity index (χ2v) is 6.61. The second-order valence-electron chi connectivity index (χ2n) is 5.82. The van der Waals surface area contributed by atoms with E-state index in [1.54, 1.807) is 40.3 Å². The Hall–Kier alpha value is -2.37. The lowest BCUT2D eigenvalue weighted by Gasteiger charge is -2.23.